The van der Waals surface area contributed by atoms with Crippen LogP contribution in [0.1, 0.15) is 50.9 Å². The molecule has 0 radical (unpaired) electrons. The summed E-state index contributed by atoms with van der Waals surface area (Å²) in [6, 6.07) is 6.72. The maximum Gasteiger partial charge on any atom is 0.151 e. The highest BCUT2D eigenvalue weighted by atomic mass is 19.1. The predicted molar refractivity (Wildman–Crippen MR) is 77.4 cm³/mol. The largest absolute Gasteiger partial charge is 0.325 e. The van der Waals surface area contributed by atoms with Gasteiger partial charge in [-0.1, -0.05) is 6.07 Å². The van der Waals surface area contributed by atoms with Gasteiger partial charge in [-0.15, -0.1) is 0 Å². The Morgan fingerprint density at radius 2 is 2.20 bits per heavy atom. The van der Waals surface area contributed by atoms with Gasteiger partial charge in [-0.3, -0.25) is 0 Å². The number of aromatic nitrogens is 2. The van der Waals surface area contributed by atoms with E-state index in [2.05, 4.69) is 28.7 Å². The Labute approximate surface area is 118 Å². The Bertz CT molecular complexity index is 661. The van der Waals surface area contributed by atoms with Gasteiger partial charge in [0.15, 0.2) is 5.82 Å². The van der Waals surface area contributed by atoms with Crippen LogP contribution >= 0.6 is 0 Å². The van der Waals surface area contributed by atoms with E-state index in [-0.39, 0.29) is 5.82 Å². The van der Waals surface area contributed by atoms with Crippen molar-refractivity contribution in [3.63, 3.8) is 0 Å². The molecular formula is C16H20FN3. The third-order valence-electron chi connectivity index (χ3n) is 4.85. The van der Waals surface area contributed by atoms with Crippen LogP contribution in [0.4, 0.5) is 4.39 Å². The molecule has 0 saturated carbocycles. The van der Waals surface area contributed by atoms with Gasteiger partial charge >= 0.3 is 0 Å². The maximum atomic E-state index is 14.0. The molecule has 2 saturated heterocycles. The molecule has 2 bridgehead atoms. The molecule has 3 heterocycles. The Hall–Kier alpha value is -1.42. The van der Waals surface area contributed by atoms with E-state index in [1.807, 2.05) is 6.07 Å². The highest BCUT2D eigenvalue weighted by molar-refractivity contribution is 5.77. The predicted octanol–water partition coefficient (Wildman–Crippen LogP) is 3.36. The van der Waals surface area contributed by atoms with Crippen LogP contribution in [-0.2, 0) is 0 Å². The quantitative estimate of drug-likeness (QED) is 0.909. The number of imidazole rings is 1. The molecule has 106 valence electrons. The Balaban J connectivity index is 1.90. The molecule has 1 aromatic heterocycles. The molecule has 0 spiro atoms. The summed E-state index contributed by atoms with van der Waals surface area (Å²) in [5, 5.41) is 3.65. The summed E-state index contributed by atoms with van der Waals surface area (Å²) >= 11 is 0. The van der Waals surface area contributed by atoms with Gasteiger partial charge in [-0.25, -0.2) is 9.37 Å². The van der Waals surface area contributed by atoms with E-state index in [9.17, 15) is 4.39 Å². The number of hydrogen-bond acceptors (Lipinski definition) is 2. The molecule has 0 aliphatic carbocycles. The number of benzene rings is 1. The maximum absolute atomic E-state index is 14.0. The topological polar surface area (TPSA) is 29.9 Å². The lowest BCUT2D eigenvalue weighted by Gasteiger charge is -2.22. The SMILES string of the molecule is CC(C)n1c(C2CC3CCC2N3)nc2c(F)cccc21. The minimum absolute atomic E-state index is 0.209. The lowest BCUT2D eigenvalue weighted by molar-refractivity contribution is 0.455. The number of hydrogen-bond donors (Lipinski definition) is 1. The first kappa shape index (κ1) is 12.3. The van der Waals surface area contributed by atoms with Crippen LogP contribution in [0.5, 0.6) is 0 Å². The zero-order chi connectivity index (χ0) is 13.9. The van der Waals surface area contributed by atoms with Gasteiger partial charge in [0.1, 0.15) is 11.3 Å². The molecule has 20 heavy (non-hydrogen) atoms. The first-order valence-corrected chi connectivity index (χ1v) is 7.57. The lowest BCUT2D eigenvalue weighted by atomic mass is 9.88. The van der Waals surface area contributed by atoms with E-state index in [4.69, 9.17) is 0 Å². The molecule has 2 aliphatic rings. The summed E-state index contributed by atoms with van der Waals surface area (Å²) in [6.45, 7) is 4.30. The first-order chi connectivity index (χ1) is 9.65. The minimum atomic E-state index is -0.209. The number of nitrogens with one attached hydrogen (secondary N) is 1. The second-order valence-corrected chi connectivity index (χ2v) is 6.43. The summed E-state index contributed by atoms with van der Waals surface area (Å²) in [6.07, 6.45) is 3.64. The van der Waals surface area contributed by atoms with Crippen molar-refractivity contribution >= 4 is 11.0 Å². The average Bonchev–Trinajstić information content (AvgIpc) is 3.11. The monoisotopic (exact) mass is 273 g/mol. The first-order valence-electron chi connectivity index (χ1n) is 7.57. The van der Waals surface area contributed by atoms with Crippen molar-refractivity contribution in [3.8, 4) is 0 Å². The van der Waals surface area contributed by atoms with Crippen LogP contribution in [-0.4, -0.2) is 21.6 Å². The molecule has 2 fully saturated rings. The van der Waals surface area contributed by atoms with Gasteiger partial charge < -0.3 is 9.88 Å². The second kappa shape index (κ2) is 4.29. The van der Waals surface area contributed by atoms with E-state index >= 15 is 0 Å². The van der Waals surface area contributed by atoms with Crippen LogP contribution in [0.15, 0.2) is 18.2 Å². The molecule has 1 N–H and O–H groups in total. The van der Waals surface area contributed by atoms with Crippen LogP contribution in [0.2, 0.25) is 0 Å². The molecule has 2 aliphatic heterocycles. The van der Waals surface area contributed by atoms with Crippen molar-refractivity contribution in [3.05, 3.63) is 29.8 Å². The average molecular weight is 273 g/mol. The normalized spacial score (nSPS) is 28.9. The third kappa shape index (κ3) is 1.64. The van der Waals surface area contributed by atoms with Crippen molar-refractivity contribution in [1.82, 2.24) is 14.9 Å². The molecule has 0 amide bonds. The standard InChI is InChI=1S/C16H20FN3/c1-9(2)20-14-5-3-4-12(17)15(14)19-16(20)11-8-10-6-7-13(11)18-10/h3-5,9-11,13,18H,6-8H2,1-2H3. The van der Waals surface area contributed by atoms with E-state index in [0.29, 0.717) is 29.6 Å². The Morgan fingerprint density at radius 3 is 2.85 bits per heavy atom. The molecule has 1 aromatic carbocycles. The Kier molecular flexibility index (Phi) is 2.64. The highest BCUT2D eigenvalue weighted by Gasteiger charge is 2.42. The number of rotatable bonds is 2. The number of para-hydroxylation sites is 1. The van der Waals surface area contributed by atoms with Crippen molar-refractivity contribution in [1.29, 1.82) is 0 Å². The zero-order valence-electron chi connectivity index (χ0n) is 11.9. The number of nitrogens with zero attached hydrogens (tertiary/aromatic N) is 2. The van der Waals surface area contributed by atoms with Crippen molar-refractivity contribution in [2.45, 2.75) is 57.2 Å². The highest BCUT2D eigenvalue weighted by Crippen LogP contribution is 2.41. The lowest BCUT2D eigenvalue weighted by Crippen LogP contribution is -2.24. The van der Waals surface area contributed by atoms with Crippen molar-refractivity contribution < 1.29 is 4.39 Å². The fourth-order valence-electron chi connectivity index (χ4n) is 4.01. The van der Waals surface area contributed by atoms with E-state index in [0.717, 1.165) is 17.8 Å². The van der Waals surface area contributed by atoms with E-state index in [1.54, 1.807) is 6.07 Å². The smallest absolute Gasteiger partial charge is 0.151 e. The van der Waals surface area contributed by atoms with Crippen molar-refractivity contribution in [2.75, 3.05) is 0 Å². The summed E-state index contributed by atoms with van der Waals surface area (Å²) in [5.41, 5.74) is 1.46. The fourth-order valence-corrected chi connectivity index (χ4v) is 4.01. The molecule has 3 atom stereocenters. The molecule has 2 aromatic rings. The van der Waals surface area contributed by atoms with Gasteiger partial charge in [0.2, 0.25) is 0 Å². The Morgan fingerprint density at radius 1 is 1.35 bits per heavy atom. The van der Waals surface area contributed by atoms with Gasteiger partial charge in [0.25, 0.3) is 0 Å². The fraction of sp³-hybridized carbons (Fsp3) is 0.562. The zero-order valence-corrected chi connectivity index (χ0v) is 11.9. The molecule has 4 heteroatoms. The van der Waals surface area contributed by atoms with E-state index in [1.165, 1.54) is 18.9 Å². The van der Waals surface area contributed by atoms with Crippen LogP contribution < -0.4 is 5.32 Å². The summed E-state index contributed by atoms with van der Waals surface area (Å²) in [5.74, 6) is 1.29. The summed E-state index contributed by atoms with van der Waals surface area (Å²) < 4.78 is 16.3. The van der Waals surface area contributed by atoms with Crippen LogP contribution in [0.25, 0.3) is 11.0 Å². The molecule has 3 unspecified atom stereocenters. The van der Waals surface area contributed by atoms with Crippen LogP contribution in [0.3, 0.4) is 0 Å². The summed E-state index contributed by atoms with van der Waals surface area (Å²) in [4.78, 5) is 4.68. The van der Waals surface area contributed by atoms with Crippen molar-refractivity contribution in [2.24, 2.45) is 0 Å². The number of halogens is 1. The van der Waals surface area contributed by atoms with E-state index < -0.39 is 0 Å². The third-order valence-corrected chi connectivity index (χ3v) is 4.85. The van der Waals surface area contributed by atoms with Crippen LogP contribution in [0, 0.1) is 5.82 Å². The summed E-state index contributed by atoms with van der Waals surface area (Å²) in [7, 11) is 0. The molecular weight excluding hydrogens is 253 g/mol. The van der Waals surface area contributed by atoms with Gasteiger partial charge in [0.05, 0.1) is 5.52 Å². The van der Waals surface area contributed by atoms with Gasteiger partial charge in [-0.2, -0.15) is 0 Å². The van der Waals surface area contributed by atoms with Gasteiger partial charge in [-0.05, 0) is 45.2 Å². The minimum Gasteiger partial charge on any atom is -0.325 e. The molecule has 4 rings (SSSR count). The second-order valence-electron chi connectivity index (χ2n) is 6.43. The molecule has 3 nitrogen and oxygen atoms in total. The van der Waals surface area contributed by atoms with Gasteiger partial charge in [0, 0.05) is 24.0 Å². The number of fused-ring (bicyclic) bond motifs is 3.